The van der Waals surface area contributed by atoms with Crippen LogP contribution in [0.25, 0.3) is 0 Å². The van der Waals surface area contributed by atoms with Gasteiger partial charge in [0.15, 0.2) is 6.10 Å². The molecule has 4 heteroatoms. The fourth-order valence-corrected chi connectivity index (χ4v) is 0.386. The van der Waals surface area contributed by atoms with Crippen LogP contribution in [0.1, 0.15) is 13.3 Å². The highest BCUT2D eigenvalue weighted by Gasteiger charge is 2.09. The SMILES string of the molecule is C[C@@H](OCCCF)C(=O)O. The number of hydrogen-bond acceptors (Lipinski definition) is 2. The second-order valence-corrected chi connectivity index (χ2v) is 1.89. The van der Waals surface area contributed by atoms with Crippen molar-refractivity contribution in [3.05, 3.63) is 0 Å². The Hall–Kier alpha value is -0.640. The van der Waals surface area contributed by atoms with Gasteiger partial charge < -0.3 is 9.84 Å². The van der Waals surface area contributed by atoms with Crippen LogP contribution in [-0.2, 0) is 9.53 Å². The van der Waals surface area contributed by atoms with Crippen molar-refractivity contribution in [1.29, 1.82) is 0 Å². The molecule has 3 nitrogen and oxygen atoms in total. The van der Waals surface area contributed by atoms with Crippen molar-refractivity contribution in [1.82, 2.24) is 0 Å². The number of carbonyl (C=O) groups is 1. The Morgan fingerprint density at radius 2 is 2.40 bits per heavy atom. The molecule has 0 spiro atoms. The van der Waals surface area contributed by atoms with Crippen LogP contribution in [0.5, 0.6) is 0 Å². The molecule has 0 aliphatic carbocycles. The number of carboxylic acid groups (broad SMARTS) is 1. The fraction of sp³-hybridized carbons (Fsp3) is 0.833. The van der Waals surface area contributed by atoms with Gasteiger partial charge in [0.2, 0.25) is 0 Å². The Kier molecular flexibility index (Phi) is 4.84. The van der Waals surface area contributed by atoms with Crippen molar-refractivity contribution in [3.8, 4) is 0 Å². The first kappa shape index (κ1) is 9.36. The second-order valence-electron chi connectivity index (χ2n) is 1.89. The lowest BCUT2D eigenvalue weighted by atomic mass is 10.4. The Morgan fingerprint density at radius 1 is 1.80 bits per heavy atom. The lowest BCUT2D eigenvalue weighted by Gasteiger charge is -2.05. The first-order chi connectivity index (χ1) is 4.68. The molecule has 0 unspecified atom stereocenters. The smallest absolute Gasteiger partial charge is 0.332 e. The molecule has 0 saturated carbocycles. The molecule has 0 aliphatic heterocycles. The predicted molar refractivity (Wildman–Crippen MR) is 33.6 cm³/mol. The van der Waals surface area contributed by atoms with Crippen LogP contribution in [0, 0.1) is 0 Å². The van der Waals surface area contributed by atoms with Gasteiger partial charge in [0.05, 0.1) is 13.3 Å². The molecule has 1 atom stereocenters. The van der Waals surface area contributed by atoms with E-state index >= 15 is 0 Å². The van der Waals surface area contributed by atoms with Crippen LogP contribution < -0.4 is 0 Å². The molecule has 0 aromatic rings. The van der Waals surface area contributed by atoms with Gasteiger partial charge in [-0.1, -0.05) is 0 Å². The summed E-state index contributed by atoms with van der Waals surface area (Å²) in [5.74, 6) is -1.01. The van der Waals surface area contributed by atoms with Gasteiger partial charge in [-0.2, -0.15) is 0 Å². The van der Waals surface area contributed by atoms with Crippen LogP contribution in [0.15, 0.2) is 0 Å². The minimum Gasteiger partial charge on any atom is -0.479 e. The minimum atomic E-state index is -1.01. The third-order valence-corrected chi connectivity index (χ3v) is 0.994. The maximum Gasteiger partial charge on any atom is 0.332 e. The van der Waals surface area contributed by atoms with E-state index in [2.05, 4.69) is 0 Å². The zero-order valence-corrected chi connectivity index (χ0v) is 5.84. The zero-order valence-electron chi connectivity index (χ0n) is 5.84. The standard InChI is InChI=1S/C6H11FO3/c1-5(6(8)9)10-4-2-3-7/h5H,2-4H2,1H3,(H,8,9)/t5-/m1/s1. The summed E-state index contributed by atoms with van der Waals surface area (Å²) in [5, 5.41) is 8.26. The van der Waals surface area contributed by atoms with E-state index in [1.54, 1.807) is 0 Å². The number of carboxylic acids is 1. The number of rotatable bonds is 5. The molecule has 0 fully saturated rings. The molecular weight excluding hydrogens is 139 g/mol. The summed E-state index contributed by atoms with van der Waals surface area (Å²) < 4.78 is 16.1. The Morgan fingerprint density at radius 3 is 2.80 bits per heavy atom. The van der Waals surface area contributed by atoms with Crippen molar-refractivity contribution in [2.45, 2.75) is 19.4 Å². The highest BCUT2D eigenvalue weighted by atomic mass is 19.1. The van der Waals surface area contributed by atoms with Crippen molar-refractivity contribution >= 4 is 5.97 Å². The summed E-state index contributed by atoms with van der Waals surface area (Å²) in [6.45, 7) is 1.12. The third kappa shape index (κ3) is 4.26. The van der Waals surface area contributed by atoms with E-state index in [1.807, 2.05) is 0 Å². The topological polar surface area (TPSA) is 46.5 Å². The number of hydrogen-bond donors (Lipinski definition) is 1. The van der Waals surface area contributed by atoms with Gasteiger partial charge in [-0.15, -0.1) is 0 Å². The number of halogens is 1. The lowest BCUT2D eigenvalue weighted by molar-refractivity contribution is -0.149. The van der Waals surface area contributed by atoms with E-state index in [9.17, 15) is 9.18 Å². The molecule has 10 heavy (non-hydrogen) atoms. The quantitative estimate of drug-likeness (QED) is 0.590. The average molecular weight is 150 g/mol. The van der Waals surface area contributed by atoms with E-state index in [0.717, 1.165) is 0 Å². The number of alkyl halides is 1. The van der Waals surface area contributed by atoms with Crippen molar-refractivity contribution < 1.29 is 19.0 Å². The molecule has 0 saturated heterocycles. The van der Waals surface area contributed by atoms with E-state index in [1.165, 1.54) is 6.92 Å². The van der Waals surface area contributed by atoms with E-state index in [0.29, 0.717) is 0 Å². The minimum absolute atomic E-state index is 0.171. The van der Waals surface area contributed by atoms with Crippen molar-refractivity contribution in [2.75, 3.05) is 13.3 Å². The van der Waals surface area contributed by atoms with Gasteiger partial charge in [0, 0.05) is 0 Å². The molecular formula is C6H11FO3. The maximum atomic E-state index is 11.4. The summed E-state index contributed by atoms with van der Waals surface area (Å²) in [6.07, 6.45) is -0.566. The van der Waals surface area contributed by atoms with Gasteiger partial charge in [-0.05, 0) is 13.3 Å². The molecule has 0 aromatic heterocycles. The van der Waals surface area contributed by atoms with Gasteiger partial charge in [-0.3, -0.25) is 4.39 Å². The average Bonchev–Trinajstić information content (AvgIpc) is 1.88. The number of ether oxygens (including phenoxy) is 1. The van der Waals surface area contributed by atoms with Gasteiger partial charge in [0.1, 0.15) is 0 Å². The van der Waals surface area contributed by atoms with E-state index in [-0.39, 0.29) is 13.0 Å². The summed E-state index contributed by atoms with van der Waals surface area (Å²) in [7, 11) is 0. The first-order valence-corrected chi connectivity index (χ1v) is 3.09. The fourth-order valence-electron chi connectivity index (χ4n) is 0.386. The number of aliphatic carboxylic acids is 1. The molecule has 0 heterocycles. The van der Waals surface area contributed by atoms with Crippen LogP contribution in [-0.4, -0.2) is 30.5 Å². The maximum absolute atomic E-state index is 11.4. The van der Waals surface area contributed by atoms with Gasteiger partial charge in [0.25, 0.3) is 0 Å². The molecule has 0 aliphatic rings. The molecule has 0 amide bonds. The highest BCUT2D eigenvalue weighted by Crippen LogP contribution is 1.92. The van der Waals surface area contributed by atoms with Gasteiger partial charge in [-0.25, -0.2) is 4.79 Å². The molecule has 0 rings (SSSR count). The lowest BCUT2D eigenvalue weighted by Crippen LogP contribution is -2.20. The molecule has 60 valence electrons. The summed E-state index contributed by atoms with van der Waals surface area (Å²) in [6, 6.07) is 0. The Bertz CT molecular complexity index is 105. The summed E-state index contributed by atoms with van der Waals surface area (Å²) in [4.78, 5) is 10.1. The highest BCUT2D eigenvalue weighted by molar-refractivity contribution is 5.71. The van der Waals surface area contributed by atoms with Crippen LogP contribution in [0.3, 0.4) is 0 Å². The zero-order chi connectivity index (χ0) is 7.98. The normalized spacial score (nSPS) is 13.0. The first-order valence-electron chi connectivity index (χ1n) is 3.09. The van der Waals surface area contributed by atoms with Crippen LogP contribution in [0.2, 0.25) is 0 Å². The van der Waals surface area contributed by atoms with Gasteiger partial charge >= 0.3 is 5.97 Å². The van der Waals surface area contributed by atoms with Crippen LogP contribution >= 0.6 is 0 Å². The molecule has 0 aromatic carbocycles. The van der Waals surface area contributed by atoms with Crippen molar-refractivity contribution in [3.63, 3.8) is 0 Å². The summed E-state index contributed by atoms with van der Waals surface area (Å²) in [5.41, 5.74) is 0. The third-order valence-electron chi connectivity index (χ3n) is 0.994. The predicted octanol–water partition coefficient (Wildman–Crippen LogP) is 0.836. The molecule has 0 radical (unpaired) electrons. The van der Waals surface area contributed by atoms with Crippen LogP contribution in [0.4, 0.5) is 4.39 Å². The molecule has 0 bridgehead atoms. The van der Waals surface area contributed by atoms with Crippen molar-refractivity contribution in [2.24, 2.45) is 0 Å². The largest absolute Gasteiger partial charge is 0.479 e. The molecule has 1 N–H and O–H groups in total. The Balaban J connectivity index is 3.21. The van der Waals surface area contributed by atoms with E-state index < -0.39 is 18.7 Å². The monoisotopic (exact) mass is 150 g/mol. The van der Waals surface area contributed by atoms with E-state index in [4.69, 9.17) is 9.84 Å². The Labute approximate surface area is 58.8 Å². The summed E-state index contributed by atoms with van der Waals surface area (Å²) >= 11 is 0. The second kappa shape index (κ2) is 5.17.